The minimum atomic E-state index is -0.556. The number of ether oxygens (including phenoxy) is 2. The summed E-state index contributed by atoms with van der Waals surface area (Å²) in [4.78, 5) is 0. The van der Waals surface area contributed by atoms with E-state index in [4.69, 9.17) is 28.1 Å². The van der Waals surface area contributed by atoms with Crippen molar-refractivity contribution >= 4 is 40.2 Å². The first-order valence-corrected chi connectivity index (χ1v) is 11.9. The second-order valence-electron chi connectivity index (χ2n) is 5.11. The number of benzene rings is 2. The Bertz CT molecular complexity index is 825. The molecule has 0 aromatic heterocycles. The molecule has 0 N–H and O–H groups in total. The Balaban J connectivity index is 0.000000156. The topological polar surface area (TPSA) is 18.5 Å². The molecule has 0 amide bonds. The summed E-state index contributed by atoms with van der Waals surface area (Å²) in [6.07, 6.45) is 0. The second-order valence-corrected chi connectivity index (χ2v) is 7.69. The first-order chi connectivity index (χ1) is 12.2. The summed E-state index contributed by atoms with van der Waals surface area (Å²) in [7, 11) is 13.1. The van der Waals surface area contributed by atoms with E-state index in [9.17, 15) is 0 Å². The third-order valence-electron chi connectivity index (χ3n) is 3.69. The monoisotopic (exact) mass is 408 g/mol. The average Bonchev–Trinajstić information content (AvgIpc) is 3.30. The molecule has 0 spiro atoms. The van der Waals surface area contributed by atoms with E-state index in [1.807, 2.05) is 36.4 Å². The third-order valence-corrected chi connectivity index (χ3v) is 3.69. The Kier molecular flexibility index (Phi) is 8.37. The van der Waals surface area contributed by atoms with Gasteiger partial charge in [-0.25, -0.2) is 0 Å². The molecule has 4 rings (SSSR count). The Morgan fingerprint density at radius 3 is 1.48 bits per heavy atom. The van der Waals surface area contributed by atoms with E-state index < -0.39 is 17.0 Å². The van der Waals surface area contributed by atoms with Gasteiger partial charge in [0.2, 0.25) is 0 Å². The number of halogens is 2. The van der Waals surface area contributed by atoms with E-state index in [1.54, 1.807) is 14.2 Å². The van der Waals surface area contributed by atoms with Crippen LogP contribution in [0.2, 0.25) is 0 Å². The molecular weight excluding hydrogens is 391 g/mol. The standard InChI is InChI=1S/2C10H9O.2ClH.Ti/c2*1-11-10-6-5-8-3-2-4-9(8)7-10;;;/h2*2-7H,1H3;2*1H;/q2*-1;;;+2/p-2. The molecule has 0 saturated carbocycles. The fraction of sp³-hybridized carbons (Fsp3) is 0.100. The van der Waals surface area contributed by atoms with Gasteiger partial charge in [0.1, 0.15) is 0 Å². The van der Waals surface area contributed by atoms with Crippen LogP contribution in [0.5, 0.6) is 11.5 Å². The second kappa shape index (κ2) is 10.5. The van der Waals surface area contributed by atoms with Gasteiger partial charge in [-0.3, -0.25) is 0 Å². The molecular formula is C20H18Cl2O2Ti-2. The number of fused-ring (bicyclic) bond motifs is 2. The van der Waals surface area contributed by atoms with Crippen LogP contribution < -0.4 is 9.47 Å². The van der Waals surface area contributed by atoms with Gasteiger partial charge in [-0.15, -0.1) is 45.8 Å². The van der Waals surface area contributed by atoms with Crippen molar-refractivity contribution in [3.8, 4) is 11.5 Å². The van der Waals surface area contributed by atoms with Crippen LogP contribution in [-0.4, -0.2) is 14.2 Å². The van der Waals surface area contributed by atoms with Gasteiger partial charge in [-0.05, 0) is 0 Å². The Morgan fingerprint density at radius 1 is 0.720 bits per heavy atom. The number of rotatable bonds is 2. The summed E-state index contributed by atoms with van der Waals surface area (Å²) >= 11 is -0.556. The van der Waals surface area contributed by atoms with Gasteiger partial charge in [0, 0.05) is 0 Å². The molecule has 130 valence electrons. The fourth-order valence-corrected chi connectivity index (χ4v) is 2.46. The fourth-order valence-electron chi connectivity index (χ4n) is 2.46. The Labute approximate surface area is 164 Å². The maximum absolute atomic E-state index is 5.09. The SMILES string of the molecule is COc1ccc2[cH-]ccc2c1.COc1ccc2[cH-]ccc2c1.[Cl][Ti][Cl]. The molecule has 0 atom stereocenters. The summed E-state index contributed by atoms with van der Waals surface area (Å²) in [6.45, 7) is 0. The van der Waals surface area contributed by atoms with Gasteiger partial charge in [-0.1, -0.05) is 24.3 Å². The molecule has 0 unspecified atom stereocenters. The summed E-state index contributed by atoms with van der Waals surface area (Å²) in [5.74, 6) is 1.84. The van der Waals surface area contributed by atoms with Crippen LogP contribution in [0.15, 0.2) is 72.8 Å². The van der Waals surface area contributed by atoms with Crippen molar-refractivity contribution in [3.05, 3.63) is 72.8 Å². The molecule has 0 aliphatic rings. The molecule has 0 saturated heterocycles. The van der Waals surface area contributed by atoms with Crippen LogP contribution in [0.1, 0.15) is 0 Å². The van der Waals surface area contributed by atoms with Crippen LogP contribution >= 0.6 is 18.6 Å². The predicted octanol–water partition coefficient (Wildman–Crippen LogP) is 6.51. The van der Waals surface area contributed by atoms with Crippen LogP contribution in [0.3, 0.4) is 0 Å². The molecule has 0 fully saturated rings. The van der Waals surface area contributed by atoms with E-state index in [0.717, 1.165) is 11.5 Å². The molecule has 0 radical (unpaired) electrons. The molecule has 25 heavy (non-hydrogen) atoms. The zero-order valence-corrected chi connectivity index (χ0v) is 17.1. The van der Waals surface area contributed by atoms with Gasteiger partial charge in [0.25, 0.3) is 0 Å². The van der Waals surface area contributed by atoms with Gasteiger partial charge < -0.3 is 9.47 Å². The van der Waals surface area contributed by atoms with E-state index in [2.05, 4.69) is 36.4 Å². The zero-order valence-electron chi connectivity index (χ0n) is 14.0. The maximum atomic E-state index is 5.09. The van der Waals surface area contributed by atoms with Crippen molar-refractivity contribution in [1.29, 1.82) is 0 Å². The molecule has 2 nitrogen and oxygen atoms in total. The van der Waals surface area contributed by atoms with E-state index >= 15 is 0 Å². The van der Waals surface area contributed by atoms with Crippen molar-refractivity contribution in [2.75, 3.05) is 14.2 Å². The molecule has 0 bridgehead atoms. The number of methoxy groups -OCH3 is 2. The van der Waals surface area contributed by atoms with Gasteiger partial charge in [-0.2, -0.15) is 24.3 Å². The molecule has 0 aliphatic carbocycles. The molecule has 0 heterocycles. The minimum absolute atomic E-state index is 0.556. The zero-order chi connectivity index (χ0) is 18.1. The van der Waals surface area contributed by atoms with Crippen molar-refractivity contribution in [2.45, 2.75) is 0 Å². The molecule has 4 aromatic carbocycles. The van der Waals surface area contributed by atoms with Gasteiger partial charge in [0.15, 0.2) is 0 Å². The molecule has 0 aliphatic heterocycles. The van der Waals surface area contributed by atoms with Crippen LogP contribution in [0, 0.1) is 0 Å². The summed E-state index contributed by atoms with van der Waals surface area (Å²) in [5.41, 5.74) is 0. The van der Waals surface area contributed by atoms with E-state index in [-0.39, 0.29) is 0 Å². The van der Waals surface area contributed by atoms with Crippen molar-refractivity contribution < 1.29 is 26.5 Å². The first kappa shape index (κ1) is 19.9. The van der Waals surface area contributed by atoms with Crippen LogP contribution in [0.4, 0.5) is 0 Å². The van der Waals surface area contributed by atoms with Crippen LogP contribution in [-0.2, 0) is 17.0 Å². The van der Waals surface area contributed by atoms with Crippen molar-refractivity contribution in [2.24, 2.45) is 0 Å². The van der Waals surface area contributed by atoms with Gasteiger partial charge in [0.05, 0.1) is 25.7 Å². The summed E-state index contributed by atoms with van der Waals surface area (Å²) in [6, 6.07) is 24.6. The third kappa shape index (κ3) is 5.79. The first-order valence-electron chi connectivity index (χ1n) is 7.57. The normalized spacial score (nSPS) is 9.60. The van der Waals surface area contributed by atoms with Crippen molar-refractivity contribution in [1.82, 2.24) is 0 Å². The van der Waals surface area contributed by atoms with Crippen molar-refractivity contribution in [3.63, 3.8) is 0 Å². The Hall–Kier alpha value is -1.45. The average molecular weight is 409 g/mol. The quantitative estimate of drug-likeness (QED) is 0.278. The molecule has 4 aromatic rings. The van der Waals surface area contributed by atoms with E-state index in [0.29, 0.717) is 0 Å². The predicted molar refractivity (Wildman–Crippen MR) is 104 cm³/mol. The van der Waals surface area contributed by atoms with Crippen LogP contribution in [0.25, 0.3) is 21.5 Å². The summed E-state index contributed by atoms with van der Waals surface area (Å²) in [5, 5.41) is 5.02. The Morgan fingerprint density at radius 2 is 1.12 bits per heavy atom. The van der Waals surface area contributed by atoms with E-state index in [1.165, 1.54) is 21.5 Å². The number of hydrogen-bond acceptors (Lipinski definition) is 2. The summed E-state index contributed by atoms with van der Waals surface area (Å²) < 4.78 is 10.2. The van der Waals surface area contributed by atoms with Gasteiger partial charge >= 0.3 is 35.6 Å². The molecule has 5 heteroatoms. The number of hydrogen-bond donors (Lipinski definition) is 0.